The second-order valence-corrected chi connectivity index (χ2v) is 5.10. The van der Waals surface area contributed by atoms with Crippen molar-refractivity contribution in [2.75, 3.05) is 11.9 Å². The predicted octanol–water partition coefficient (Wildman–Crippen LogP) is 3.27. The van der Waals surface area contributed by atoms with E-state index in [2.05, 4.69) is 49.2 Å². The maximum Gasteiger partial charge on any atom is 0.104 e. The first-order valence-corrected chi connectivity index (χ1v) is 6.65. The number of aryl methyl sites for hydroxylation is 1. The van der Waals surface area contributed by atoms with Crippen LogP contribution in [-0.4, -0.2) is 12.0 Å². The molecule has 0 aromatic heterocycles. The number of nitrogens with two attached hydrogens (primary N) is 1. The SMILES string of the molecule is Cc1ccccc1N(C)Cc1ccccc1C(N)=S. The summed E-state index contributed by atoms with van der Waals surface area (Å²) in [6.45, 7) is 2.91. The molecule has 0 fully saturated rings. The molecule has 19 heavy (non-hydrogen) atoms. The minimum absolute atomic E-state index is 0.453. The highest BCUT2D eigenvalue weighted by Gasteiger charge is 2.09. The Morgan fingerprint density at radius 1 is 1.11 bits per heavy atom. The van der Waals surface area contributed by atoms with Gasteiger partial charge in [-0.2, -0.15) is 0 Å². The molecule has 0 saturated carbocycles. The van der Waals surface area contributed by atoms with Gasteiger partial charge in [0.15, 0.2) is 0 Å². The molecule has 98 valence electrons. The monoisotopic (exact) mass is 270 g/mol. The van der Waals surface area contributed by atoms with Crippen LogP contribution in [0.4, 0.5) is 5.69 Å². The molecule has 2 rings (SSSR count). The first-order chi connectivity index (χ1) is 9.09. The van der Waals surface area contributed by atoms with Crippen molar-refractivity contribution in [3.63, 3.8) is 0 Å². The van der Waals surface area contributed by atoms with Crippen LogP contribution in [0.1, 0.15) is 16.7 Å². The highest BCUT2D eigenvalue weighted by atomic mass is 32.1. The van der Waals surface area contributed by atoms with E-state index < -0.39 is 0 Å². The topological polar surface area (TPSA) is 29.3 Å². The van der Waals surface area contributed by atoms with E-state index in [1.807, 2.05) is 18.2 Å². The van der Waals surface area contributed by atoms with Gasteiger partial charge in [0.25, 0.3) is 0 Å². The third-order valence-electron chi connectivity index (χ3n) is 3.22. The summed E-state index contributed by atoms with van der Waals surface area (Å²) in [5.41, 5.74) is 10.4. The smallest absolute Gasteiger partial charge is 0.104 e. The quantitative estimate of drug-likeness (QED) is 0.865. The van der Waals surface area contributed by atoms with Gasteiger partial charge in [-0.3, -0.25) is 0 Å². The molecular formula is C16H18N2S. The fourth-order valence-electron chi connectivity index (χ4n) is 2.23. The number of benzene rings is 2. The van der Waals surface area contributed by atoms with Crippen LogP contribution < -0.4 is 10.6 Å². The zero-order chi connectivity index (χ0) is 13.8. The van der Waals surface area contributed by atoms with E-state index >= 15 is 0 Å². The maximum absolute atomic E-state index is 5.77. The number of rotatable bonds is 4. The van der Waals surface area contributed by atoms with Crippen molar-refractivity contribution in [3.8, 4) is 0 Å². The normalized spacial score (nSPS) is 10.2. The van der Waals surface area contributed by atoms with Crippen LogP contribution >= 0.6 is 12.2 Å². The molecule has 0 saturated heterocycles. The van der Waals surface area contributed by atoms with E-state index in [0.29, 0.717) is 4.99 Å². The molecule has 2 aromatic rings. The average Bonchev–Trinajstić information content (AvgIpc) is 2.39. The zero-order valence-electron chi connectivity index (χ0n) is 11.3. The van der Waals surface area contributed by atoms with Gasteiger partial charge in [-0.1, -0.05) is 54.7 Å². The summed E-state index contributed by atoms with van der Waals surface area (Å²) >= 11 is 5.10. The van der Waals surface area contributed by atoms with E-state index in [1.165, 1.54) is 11.3 Å². The van der Waals surface area contributed by atoms with Crippen molar-refractivity contribution in [2.45, 2.75) is 13.5 Å². The Labute approximate surface area is 119 Å². The summed E-state index contributed by atoms with van der Waals surface area (Å²) in [4.78, 5) is 2.67. The third kappa shape index (κ3) is 3.12. The fraction of sp³-hybridized carbons (Fsp3) is 0.188. The lowest BCUT2D eigenvalue weighted by atomic mass is 10.1. The Hall–Kier alpha value is -1.87. The van der Waals surface area contributed by atoms with E-state index in [0.717, 1.165) is 17.7 Å². The van der Waals surface area contributed by atoms with Gasteiger partial charge >= 0.3 is 0 Å². The van der Waals surface area contributed by atoms with Crippen LogP contribution in [0.15, 0.2) is 48.5 Å². The lowest BCUT2D eigenvalue weighted by molar-refractivity contribution is 0.915. The predicted molar refractivity (Wildman–Crippen MR) is 85.6 cm³/mol. The van der Waals surface area contributed by atoms with Gasteiger partial charge in [0, 0.05) is 24.8 Å². The van der Waals surface area contributed by atoms with Crippen LogP contribution in [0.3, 0.4) is 0 Å². The van der Waals surface area contributed by atoms with Gasteiger partial charge in [-0.05, 0) is 24.1 Å². The molecule has 2 nitrogen and oxygen atoms in total. The minimum Gasteiger partial charge on any atom is -0.389 e. The van der Waals surface area contributed by atoms with Crippen molar-refractivity contribution >= 4 is 22.9 Å². The van der Waals surface area contributed by atoms with Gasteiger partial charge in [0.1, 0.15) is 4.99 Å². The molecule has 0 aliphatic carbocycles. The molecule has 3 heteroatoms. The number of hydrogen-bond donors (Lipinski definition) is 1. The first-order valence-electron chi connectivity index (χ1n) is 6.24. The maximum atomic E-state index is 5.77. The summed E-state index contributed by atoms with van der Waals surface area (Å²) in [6, 6.07) is 16.4. The molecule has 0 radical (unpaired) electrons. The highest BCUT2D eigenvalue weighted by Crippen LogP contribution is 2.21. The molecular weight excluding hydrogens is 252 g/mol. The summed E-state index contributed by atoms with van der Waals surface area (Å²) in [6.07, 6.45) is 0. The number of thiocarbonyl (C=S) groups is 1. The Balaban J connectivity index is 2.27. The largest absolute Gasteiger partial charge is 0.389 e. The lowest BCUT2D eigenvalue weighted by Crippen LogP contribution is -2.21. The summed E-state index contributed by atoms with van der Waals surface area (Å²) < 4.78 is 0. The van der Waals surface area contributed by atoms with Gasteiger partial charge < -0.3 is 10.6 Å². The number of para-hydroxylation sites is 1. The standard InChI is InChI=1S/C16H18N2S/c1-12-7-3-6-10-15(12)18(2)11-13-8-4-5-9-14(13)16(17)19/h3-10H,11H2,1-2H3,(H2,17,19). The van der Waals surface area contributed by atoms with Crippen molar-refractivity contribution in [3.05, 3.63) is 65.2 Å². The van der Waals surface area contributed by atoms with E-state index in [4.69, 9.17) is 18.0 Å². The molecule has 0 heterocycles. The molecule has 0 amide bonds. The van der Waals surface area contributed by atoms with Gasteiger partial charge in [-0.25, -0.2) is 0 Å². The number of anilines is 1. The fourth-order valence-corrected chi connectivity index (χ4v) is 2.43. The Kier molecular flexibility index (Phi) is 4.17. The molecule has 0 aliphatic heterocycles. The third-order valence-corrected chi connectivity index (χ3v) is 3.44. The molecule has 0 atom stereocenters. The van der Waals surface area contributed by atoms with E-state index in [9.17, 15) is 0 Å². The summed E-state index contributed by atoms with van der Waals surface area (Å²) in [5.74, 6) is 0. The molecule has 2 aromatic carbocycles. The van der Waals surface area contributed by atoms with Crippen LogP contribution in [0.2, 0.25) is 0 Å². The van der Waals surface area contributed by atoms with Crippen molar-refractivity contribution in [1.82, 2.24) is 0 Å². The van der Waals surface area contributed by atoms with Gasteiger partial charge in [0.2, 0.25) is 0 Å². The lowest BCUT2D eigenvalue weighted by Gasteiger charge is -2.22. The van der Waals surface area contributed by atoms with Gasteiger partial charge in [0.05, 0.1) is 0 Å². The number of hydrogen-bond acceptors (Lipinski definition) is 2. The Morgan fingerprint density at radius 3 is 2.42 bits per heavy atom. The zero-order valence-corrected chi connectivity index (χ0v) is 12.1. The summed E-state index contributed by atoms with van der Waals surface area (Å²) in [7, 11) is 2.08. The molecule has 2 N–H and O–H groups in total. The average molecular weight is 270 g/mol. The second kappa shape index (κ2) is 5.85. The minimum atomic E-state index is 0.453. The molecule has 0 unspecified atom stereocenters. The molecule has 0 spiro atoms. The van der Waals surface area contributed by atoms with E-state index in [1.54, 1.807) is 0 Å². The second-order valence-electron chi connectivity index (χ2n) is 4.66. The highest BCUT2D eigenvalue weighted by molar-refractivity contribution is 7.80. The van der Waals surface area contributed by atoms with E-state index in [-0.39, 0.29) is 0 Å². The van der Waals surface area contributed by atoms with Crippen LogP contribution in [0, 0.1) is 6.92 Å². The van der Waals surface area contributed by atoms with Crippen molar-refractivity contribution in [2.24, 2.45) is 5.73 Å². The molecule has 0 bridgehead atoms. The summed E-state index contributed by atoms with van der Waals surface area (Å²) in [5, 5.41) is 0. The van der Waals surface area contributed by atoms with Crippen molar-refractivity contribution in [1.29, 1.82) is 0 Å². The Morgan fingerprint density at radius 2 is 1.74 bits per heavy atom. The van der Waals surface area contributed by atoms with Crippen LogP contribution in [0.25, 0.3) is 0 Å². The van der Waals surface area contributed by atoms with Gasteiger partial charge in [-0.15, -0.1) is 0 Å². The molecule has 0 aliphatic rings. The van der Waals surface area contributed by atoms with Crippen molar-refractivity contribution < 1.29 is 0 Å². The van der Waals surface area contributed by atoms with Crippen LogP contribution in [-0.2, 0) is 6.54 Å². The first kappa shape index (κ1) is 13.6. The van der Waals surface area contributed by atoms with Crippen LogP contribution in [0.5, 0.6) is 0 Å². The Bertz CT molecular complexity index is 593. The number of nitrogens with zero attached hydrogens (tertiary/aromatic N) is 1.